The molecule has 0 aliphatic rings. The maximum atomic E-state index is 10.8. The van der Waals surface area contributed by atoms with Gasteiger partial charge in [0.1, 0.15) is 12.1 Å². The Kier molecular flexibility index (Phi) is 3.23. The fraction of sp³-hybridized carbons (Fsp3) is 0.143. The summed E-state index contributed by atoms with van der Waals surface area (Å²) in [7, 11) is 0. The van der Waals surface area contributed by atoms with E-state index >= 15 is 0 Å². The maximum absolute atomic E-state index is 10.8. The minimum Gasteiger partial charge on any atom is -0.478 e. The summed E-state index contributed by atoms with van der Waals surface area (Å²) in [5.74, 6) is 0.402. The summed E-state index contributed by atoms with van der Waals surface area (Å²) < 4.78 is 1.62. The van der Waals surface area contributed by atoms with Crippen molar-refractivity contribution in [3.63, 3.8) is 0 Å². The Morgan fingerprint density at radius 3 is 2.81 bits per heavy atom. The zero-order valence-electron chi connectivity index (χ0n) is 11.3. The Morgan fingerprint density at radius 2 is 2.10 bits per heavy atom. The Hall–Kier alpha value is -2.96. The molecule has 1 aromatic carbocycles. The second-order valence-electron chi connectivity index (χ2n) is 4.61. The zero-order valence-corrected chi connectivity index (χ0v) is 11.3. The number of carboxylic acid groups (broad SMARTS) is 1. The van der Waals surface area contributed by atoms with Crippen LogP contribution < -0.4 is 5.32 Å². The number of aromatic carboxylic acids is 1. The molecular formula is C14H13N5O2. The molecule has 0 saturated carbocycles. The van der Waals surface area contributed by atoms with Crippen LogP contribution in [0.25, 0.3) is 5.78 Å². The number of benzene rings is 1. The van der Waals surface area contributed by atoms with Gasteiger partial charge in [-0.15, -0.1) is 0 Å². The molecule has 0 spiro atoms. The highest BCUT2D eigenvalue weighted by Gasteiger charge is 2.06. The van der Waals surface area contributed by atoms with Crippen molar-refractivity contribution in [3.8, 4) is 0 Å². The molecule has 2 heterocycles. The van der Waals surface area contributed by atoms with E-state index in [1.807, 2.05) is 13.0 Å². The van der Waals surface area contributed by atoms with Crippen LogP contribution in [0.3, 0.4) is 0 Å². The number of fused-ring (bicyclic) bond motifs is 1. The molecule has 0 saturated heterocycles. The molecule has 0 aliphatic heterocycles. The summed E-state index contributed by atoms with van der Waals surface area (Å²) in [6, 6.07) is 8.61. The lowest BCUT2D eigenvalue weighted by molar-refractivity contribution is 0.0697. The lowest BCUT2D eigenvalue weighted by Gasteiger charge is -2.09. The van der Waals surface area contributed by atoms with E-state index in [0.717, 1.165) is 17.1 Å². The molecule has 21 heavy (non-hydrogen) atoms. The number of hydrogen-bond acceptors (Lipinski definition) is 5. The lowest BCUT2D eigenvalue weighted by Crippen LogP contribution is -2.07. The van der Waals surface area contributed by atoms with Crippen molar-refractivity contribution in [1.82, 2.24) is 19.6 Å². The molecular weight excluding hydrogens is 270 g/mol. The first-order valence-electron chi connectivity index (χ1n) is 6.37. The molecule has 3 rings (SSSR count). The third kappa shape index (κ3) is 2.66. The van der Waals surface area contributed by atoms with E-state index in [1.54, 1.807) is 28.8 Å². The average Bonchev–Trinajstić information content (AvgIpc) is 2.93. The van der Waals surface area contributed by atoms with Gasteiger partial charge in [-0.1, -0.05) is 12.1 Å². The Bertz CT molecular complexity index is 795. The van der Waals surface area contributed by atoms with Crippen molar-refractivity contribution in [2.75, 3.05) is 5.32 Å². The van der Waals surface area contributed by atoms with E-state index in [2.05, 4.69) is 20.4 Å². The molecule has 7 nitrogen and oxygen atoms in total. The van der Waals surface area contributed by atoms with Gasteiger partial charge >= 0.3 is 5.97 Å². The van der Waals surface area contributed by atoms with Gasteiger partial charge in [-0.3, -0.25) is 0 Å². The minimum absolute atomic E-state index is 0.275. The predicted molar refractivity (Wildman–Crippen MR) is 76.2 cm³/mol. The quantitative estimate of drug-likeness (QED) is 0.757. The van der Waals surface area contributed by atoms with Gasteiger partial charge in [-0.05, 0) is 24.6 Å². The normalized spacial score (nSPS) is 10.7. The molecule has 0 radical (unpaired) electrons. The number of rotatable bonds is 4. The Labute approximate surface area is 120 Å². The van der Waals surface area contributed by atoms with Crippen LogP contribution in [-0.4, -0.2) is 30.7 Å². The number of carboxylic acids is 1. The predicted octanol–water partition coefficient (Wildman–Crippen LogP) is 1.74. The van der Waals surface area contributed by atoms with Crippen molar-refractivity contribution in [3.05, 3.63) is 53.5 Å². The molecule has 106 valence electrons. The van der Waals surface area contributed by atoms with Crippen LogP contribution in [0.15, 0.2) is 36.7 Å². The smallest absolute Gasteiger partial charge is 0.335 e. The largest absolute Gasteiger partial charge is 0.478 e. The van der Waals surface area contributed by atoms with Gasteiger partial charge < -0.3 is 10.4 Å². The molecule has 0 fully saturated rings. The second kappa shape index (κ2) is 5.20. The highest BCUT2D eigenvalue weighted by Crippen LogP contribution is 2.12. The van der Waals surface area contributed by atoms with Crippen LogP contribution in [0.5, 0.6) is 0 Å². The third-order valence-electron chi connectivity index (χ3n) is 3.05. The Morgan fingerprint density at radius 1 is 1.33 bits per heavy atom. The SMILES string of the molecule is Cc1cc(NCc2ccc(C(=O)O)cc2)n2ncnc2n1. The summed E-state index contributed by atoms with van der Waals surface area (Å²) in [4.78, 5) is 19.1. The molecule has 2 aromatic heterocycles. The molecule has 0 unspecified atom stereocenters. The monoisotopic (exact) mass is 283 g/mol. The fourth-order valence-corrected chi connectivity index (χ4v) is 2.01. The van der Waals surface area contributed by atoms with E-state index in [1.165, 1.54) is 6.33 Å². The molecule has 0 aliphatic carbocycles. The number of nitrogens with zero attached hydrogens (tertiary/aromatic N) is 4. The van der Waals surface area contributed by atoms with E-state index in [0.29, 0.717) is 12.3 Å². The van der Waals surface area contributed by atoms with Gasteiger partial charge in [-0.2, -0.15) is 14.6 Å². The molecule has 0 amide bonds. The first-order chi connectivity index (χ1) is 10.1. The van der Waals surface area contributed by atoms with E-state index in [4.69, 9.17) is 5.11 Å². The number of nitrogens with one attached hydrogen (secondary N) is 1. The van der Waals surface area contributed by atoms with Crippen LogP contribution in [-0.2, 0) is 6.54 Å². The summed E-state index contributed by atoms with van der Waals surface area (Å²) in [5.41, 5.74) is 2.10. The van der Waals surface area contributed by atoms with Crippen LogP contribution in [0.4, 0.5) is 5.82 Å². The summed E-state index contributed by atoms with van der Waals surface area (Å²) in [6.07, 6.45) is 1.45. The van der Waals surface area contributed by atoms with Gasteiger partial charge in [0.15, 0.2) is 0 Å². The zero-order chi connectivity index (χ0) is 14.8. The van der Waals surface area contributed by atoms with Crippen LogP contribution >= 0.6 is 0 Å². The van der Waals surface area contributed by atoms with Gasteiger partial charge in [0.25, 0.3) is 5.78 Å². The van der Waals surface area contributed by atoms with Gasteiger partial charge in [0.2, 0.25) is 0 Å². The van der Waals surface area contributed by atoms with Crippen molar-refractivity contribution in [2.45, 2.75) is 13.5 Å². The fourth-order valence-electron chi connectivity index (χ4n) is 2.01. The van der Waals surface area contributed by atoms with E-state index in [9.17, 15) is 4.79 Å². The standard InChI is InChI=1S/C14H13N5O2/c1-9-6-12(19-14(18-9)16-8-17-19)15-7-10-2-4-11(5-3-10)13(20)21/h2-6,8,15H,7H2,1H3,(H,20,21). The molecule has 0 atom stereocenters. The highest BCUT2D eigenvalue weighted by molar-refractivity contribution is 5.87. The minimum atomic E-state index is -0.927. The molecule has 7 heteroatoms. The number of hydrogen-bond donors (Lipinski definition) is 2. The van der Waals surface area contributed by atoms with Crippen LogP contribution in [0.1, 0.15) is 21.6 Å². The van der Waals surface area contributed by atoms with Crippen LogP contribution in [0, 0.1) is 6.92 Å². The van der Waals surface area contributed by atoms with Crippen molar-refractivity contribution in [1.29, 1.82) is 0 Å². The first kappa shape index (κ1) is 13.0. The first-order valence-corrected chi connectivity index (χ1v) is 6.37. The molecule has 2 N–H and O–H groups in total. The van der Waals surface area contributed by atoms with Gasteiger partial charge in [0.05, 0.1) is 5.56 Å². The summed E-state index contributed by atoms with van der Waals surface area (Å²) >= 11 is 0. The van der Waals surface area contributed by atoms with Gasteiger partial charge in [-0.25, -0.2) is 9.78 Å². The molecule has 3 aromatic rings. The number of aromatic nitrogens is 4. The highest BCUT2D eigenvalue weighted by atomic mass is 16.4. The van der Waals surface area contributed by atoms with Crippen molar-refractivity contribution >= 4 is 17.6 Å². The number of anilines is 1. The summed E-state index contributed by atoms with van der Waals surface area (Å²) in [5, 5.41) is 16.2. The molecule has 0 bridgehead atoms. The van der Waals surface area contributed by atoms with Crippen molar-refractivity contribution < 1.29 is 9.90 Å². The number of carbonyl (C=O) groups is 1. The lowest BCUT2D eigenvalue weighted by atomic mass is 10.1. The average molecular weight is 283 g/mol. The number of aryl methyl sites for hydroxylation is 1. The van der Waals surface area contributed by atoms with E-state index in [-0.39, 0.29) is 5.56 Å². The van der Waals surface area contributed by atoms with E-state index < -0.39 is 5.97 Å². The van der Waals surface area contributed by atoms with Crippen molar-refractivity contribution in [2.24, 2.45) is 0 Å². The Balaban J connectivity index is 1.80. The third-order valence-corrected chi connectivity index (χ3v) is 3.05. The van der Waals surface area contributed by atoms with Crippen LogP contribution in [0.2, 0.25) is 0 Å². The maximum Gasteiger partial charge on any atom is 0.335 e. The van der Waals surface area contributed by atoms with Gasteiger partial charge in [0, 0.05) is 18.3 Å². The second-order valence-corrected chi connectivity index (χ2v) is 4.61. The summed E-state index contributed by atoms with van der Waals surface area (Å²) in [6.45, 7) is 2.44. The topological polar surface area (TPSA) is 92.4 Å².